The van der Waals surface area contributed by atoms with Crippen LogP contribution in [-0.4, -0.2) is 70.9 Å². The largest absolute Gasteiger partial charge is 0.496 e. The molecule has 0 radical (unpaired) electrons. The zero-order valence-electron chi connectivity index (χ0n) is 23.0. The number of sulfone groups is 1. The monoisotopic (exact) mass is 666 g/mol. The van der Waals surface area contributed by atoms with Gasteiger partial charge in [0.15, 0.2) is 9.84 Å². The SMILES string of the molecule is CNC(C)C(=O)N[C@H]1CN(C(=O)CS(C)(=O)=O)c2ccccc2N(Cc2c(OC)ccc3cc(Br)ccc23)C1=O.Cl. The number of methoxy groups -OCH3 is 1. The summed E-state index contributed by atoms with van der Waals surface area (Å²) in [4.78, 5) is 43.1. The first-order chi connectivity index (χ1) is 18.9. The molecule has 0 spiro atoms. The van der Waals surface area contributed by atoms with E-state index in [1.807, 2.05) is 30.3 Å². The number of nitrogens with one attached hydrogen (secondary N) is 2. The van der Waals surface area contributed by atoms with Crippen LogP contribution in [0.25, 0.3) is 10.8 Å². The normalized spacial score (nSPS) is 15.9. The van der Waals surface area contributed by atoms with Gasteiger partial charge in [0.25, 0.3) is 5.91 Å². The van der Waals surface area contributed by atoms with Crippen LogP contribution < -0.4 is 25.2 Å². The number of fused-ring (bicyclic) bond motifs is 2. The minimum absolute atomic E-state index is 0. The van der Waals surface area contributed by atoms with Crippen molar-refractivity contribution >= 4 is 78.0 Å². The molecule has 41 heavy (non-hydrogen) atoms. The molecule has 2 N–H and O–H groups in total. The lowest BCUT2D eigenvalue weighted by Crippen LogP contribution is -2.56. The minimum Gasteiger partial charge on any atom is -0.496 e. The van der Waals surface area contributed by atoms with Crippen molar-refractivity contribution in [3.8, 4) is 5.75 Å². The Morgan fingerprint density at radius 3 is 2.44 bits per heavy atom. The number of rotatable bonds is 8. The third-order valence-corrected chi connectivity index (χ3v) is 8.07. The molecule has 3 aromatic rings. The second kappa shape index (κ2) is 13.2. The number of amides is 3. The fourth-order valence-corrected chi connectivity index (χ4v) is 5.66. The summed E-state index contributed by atoms with van der Waals surface area (Å²) in [6, 6.07) is 14.6. The van der Waals surface area contributed by atoms with Crippen LogP contribution in [0.1, 0.15) is 12.5 Å². The van der Waals surface area contributed by atoms with E-state index in [2.05, 4.69) is 26.6 Å². The second-order valence-corrected chi connectivity index (χ2v) is 12.7. The number of likely N-dealkylation sites (N-methyl/N-ethyl adjacent to an activating group) is 1. The van der Waals surface area contributed by atoms with Gasteiger partial charge in [-0.15, -0.1) is 12.4 Å². The zero-order chi connectivity index (χ0) is 29.2. The standard InChI is InChI=1S/C28H31BrN4O6S.ClH/c1-17(30-2)27(35)31-22-15-32(26(34)16-40(4,37)38)23-7-5-6-8-24(23)33(28(22)36)14-21-20-11-10-19(29)13-18(20)9-12-25(21)39-3;/h5-13,17,22,30H,14-16H2,1-4H3,(H,31,35);1H/t17?,22-;/m0./s1. The van der Waals surface area contributed by atoms with E-state index in [-0.39, 0.29) is 25.5 Å². The van der Waals surface area contributed by atoms with Crippen molar-refractivity contribution in [2.75, 3.05) is 42.5 Å². The Hall–Kier alpha value is -3.19. The summed E-state index contributed by atoms with van der Waals surface area (Å²) in [5, 5.41) is 7.39. The van der Waals surface area contributed by atoms with E-state index in [9.17, 15) is 22.8 Å². The molecule has 0 fully saturated rings. The van der Waals surface area contributed by atoms with Crippen molar-refractivity contribution in [1.82, 2.24) is 10.6 Å². The highest BCUT2D eigenvalue weighted by Gasteiger charge is 2.38. The molecule has 1 unspecified atom stereocenters. The van der Waals surface area contributed by atoms with E-state index in [1.165, 1.54) is 9.80 Å². The van der Waals surface area contributed by atoms with E-state index in [0.717, 1.165) is 27.1 Å². The van der Waals surface area contributed by atoms with Gasteiger partial charge in [-0.2, -0.15) is 0 Å². The highest BCUT2D eigenvalue weighted by molar-refractivity contribution is 9.10. The molecule has 220 valence electrons. The predicted octanol–water partition coefficient (Wildman–Crippen LogP) is 3.05. The number of para-hydroxylation sites is 2. The van der Waals surface area contributed by atoms with Gasteiger partial charge in [0.2, 0.25) is 11.8 Å². The lowest BCUT2D eigenvalue weighted by molar-refractivity contribution is -0.128. The summed E-state index contributed by atoms with van der Waals surface area (Å²) >= 11 is 3.50. The average molecular weight is 668 g/mol. The smallest absolute Gasteiger partial charge is 0.251 e. The molecular weight excluding hydrogens is 636 g/mol. The Kier molecular flexibility index (Phi) is 10.4. The molecule has 1 aliphatic rings. The Morgan fingerprint density at radius 2 is 1.80 bits per heavy atom. The minimum atomic E-state index is -3.66. The number of benzene rings is 3. The van der Waals surface area contributed by atoms with Gasteiger partial charge in [-0.1, -0.05) is 40.2 Å². The molecule has 13 heteroatoms. The topological polar surface area (TPSA) is 125 Å². The molecule has 2 atom stereocenters. The molecule has 1 heterocycles. The van der Waals surface area contributed by atoms with Crippen LogP contribution >= 0.6 is 28.3 Å². The number of carbonyl (C=O) groups is 3. The second-order valence-electron chi connectivity index (χ2n) is 9.67. The quantitative estimate of drug-likeness (QED) is 0.379. The number of nitrogens with zero attached hydrogens (tertiary/aromatic N) is 2. The Balaban J connectivity index is 0.00000462. The summed E-state index contributed by atoms with van der Waals surface area (Å²) in [6.45, 7) is 1.48. The number of hydrogen-bond acceptors (Lipinski definition) is 7. The van der Waals surface area contributed by atoms with Gasteiger partial charge in [0, 0.05) is 16.3 Å². The maximum Gasteiger partial charge on any atom is 0.251 e. The molecule has 0 bridgehead atoms. The summed E-state index contributed by atoms with van der Waals surface area (Å²) in [7, 11) is -0.494. The van der Waals surface area contributed by atoms with Crippen molar-refractivity contribution in [1.29, 1.82) is 0 Å². The lowest BCUT2D eigenvalue weighted by Gasteiger charge is -2.27. The van der Waals surface area contributed by atoms with Crippen molar-refractivity contribution < 1.29 is 27.5 Å². The first-order valence-corrected chi connectivity index (χ1v) is 15.4. The first kappa shape index (κ1) is 32.3. The lowest BCUT2D eigenvalue weighted by atomic mass is 10.0. The van der Waals surface area contributed by atoms with Crippen LogP contribution in [0.4, 0.5) is 11.4 Å². The van der Waals surface area contributed by atoms with Gasteiger partial charge in [0.1, 0.15) is 17.5 Å². The third-order valence-electron chi connectivity index (χ3n) is 6.81. The van der Waals surface area contributed by atoms with E-state index in [4.69, 9.17) is 4.74 Å². The average Bonchev–Trinajstić information content (AvgIpc) is 3.02. The third kappa shape index (κ3) is 7.18. The maximum atomic E-state index is 14.2. The molecule has 1 aliphatic heterocycles. The molecule has 10 nitrogen and oxygen atoms in total. The zero-order valence-corrected chi connectivity index (χ0v) is 26.2. The van der Waals surface area contributed by atoms with Crippen LogP contribution in [0.3, 0.4) is 0 Å². The van der Waals surface area contributed by atoms with Gasteiger partial charge >= 0.3 is 0 Å². The van der Waals surface area contributed by atoms with Crippen LogP contribution in [0, 0.1) is 0 Å². The highest BCUT2D eigenvalue weighted by atomic mass is 79.9. The Bertz CT molecular complexity index is 1590. The molecule has 0 saturated heterocycles. The molecular formula is C28H32BrClN4O6S. The van der Waals surface area contributed by atoms with E-state index < -0.39 is 45.4 Å². The van der Waals surface area contributed by atoms with Crippen molar-refractivity contribution in [2.24, 2.45) is 0 Å². The fraction of sp³-hybridized carbons (Fsp3) is 0.321. The fourth-order valence-electron chi connectivity index (χ4n) is 4.68. The van der Waals surface area contributed by atoms with Gasteiger partial charge in [0.05, 0.1) is 37.6 Å². The van der Waals surface area contributed by atoms with Crippen LogP contribution in [-0.2, 0) is 30.8 Å². The summed E-state index contributed by atoms with van der Waals surface area (Å²) < 4.78 is 30.6. The molecule has 4 rings (SSSR count). The van der Waals surface area contributed by atoms with Crippen LogP contribution in [0.2, 0.25) is 0 Å². The number of halogens is 2. The van der Waals surface area contributed by atoms with E-state index in [0.29, 0.717) is 17.1 Å². The van der Waals surface area contributed by atoms with Gasteiger partial charge in [-0.3, -0.25) is 14.4 Å². The number of ether oxygens (including phenoxy) is 1. The van der Waals surface area contributed by atoms with E-state index in [1.54, 1.807) is 45.3 Å². The summed E-state index contributed by atoms with van der Waals surface area (Å²) in [5.41, 5.74) is 1.51. The Labute approximate surface area is 253 Å². The molecule has 3 amide bonds. The van der Waals surface area contributed by atoms with Gasteiger partial charge in [-0.05, 0) is 55.1 Å². The van der Waals surface area contributed by atoms with Crippen molar-refractivity contribution in [3.05, 3.63) is 64.6 Å². The van der Waals surface area contributed by atoms with Crippen molar-refractivity contribution in [2.45, 2.75) is 25.6 Å². The number of hydrogen-bond donors (Lipinski definition) is 2. The predicted molar refractivity (Wildman–Crippen MR) is 166 cm³/mol. The number of anilines is 2. The molecule has 0 aromatic heterocycles. The van der Waals surface area contributed by atoms with Crippen LogP contribution in [0.15, 0.2) is 59.1 Å². The van der Waals surface area contributed by atoms with Gasteiger partial charge < -0.3 is 25.2 Å². The molecule has 0 saturated carbocycles. The van der Waals surface area contributed by atoms with E-state index >= 15 is 0 Å². The van der Waals surface area contributed by atoms with Gasteiger partial charge in [-0.25, -0.2) is 8.42 Å². The van der Waals surface area contributed by atoms with Crippen molar-refractivity contribution in [3.63, 3.8) is 0 Å². The highest BCUT2D eigenvalue weighted by Crippen LogP contribution is 2.37. The first-order valence-electron chi connectivity index (χ1n) is 12.5. The number of carbonyl (C=O) groups excluding carboxylic acids is 3. The molecule has 3 aromatic carbocycles. The molecule has 0 aliphatic carbocycles. The Morgan fingerprint density at radius 1 is 1.12 bits per heavy atom. The maximum absolute atomic E-state index is 14.2. The summed E-state index contributed by atoms with van der Waals surface area (Å²) in [5.74, 6) is -1.75. The summed E-state index contributed by atoms with van der Waals surface area (Å²) in [6.07, 6.45) is 0.977. The van der Waals surface area contributed by atoms with Crippen LogP contribution in [0.5, 0.6) is 5.75 Å².